The molecule has 3 nitrogen and oxygen atoms in total. The molecule has 108 valence electrons. The number of carbonyl (C=O) groups excluding carboxylic acids is 1. The van der Waals surface area contributed by atoms with E-state index in [0.717, 1.165) is 28.0 Å². The van der Waals surface area contributed by atoms with Gasteiger partial charge in [0.1, 0.15) is 5.76 Å². The highest BCUT2D eigenvalue weighted by molar-refractivity contribution is 7.80. The van der Waals surface area contributed by atoms with Crippen LogP contribution in [0.5, 0.6) is 0 Å². The number of hydrogen-bond acceptors (Lipinski definition) is 4. The monoisotopic (exact) mass is 317 g/mol. The SMILES string of the molecule is CC(=O)NCc1c(Cc2ccco2)sc2ccc(S)cc12. The number of benzene rings is 1. The summed E-state index contributed by atoms with van der Waals surface area (Å²) in [5.41, 5.74) is 1.15. The zero-order chi connectivity index (χ0) is 14.8. The number of fused-ring (bicyclic) bond motifs is 1. The molecule has 0 aliphatic rings. The van der Waals surface area contributed by atoms with Crippen LogP contribution >= 0.6 is 24.0 Å². The smallest absolute Gasteiger partial charge is 0.217 e. The van der Waals surface area contributed by atoms with Crippen LogP contribution in [0, 0.1) is 0 Å². The van der Waals surface area contributed by atoms with E-state index < -0.39 is 0 Å². The van der Waals surface area contributed by atoms with Gasteiger partial charge in [-0.2, -0.15) is 0 Å². The summed E-state index contributed by atoms with van der Waals surface area (Å²) in [4.78, 5) is 13.4. The summed E-state index contributed by atoms with van der Waals surface area (Å²) in [6.07, 6.45) is 2.42. The van der Waals surface area contributed by atoms with Gasteiger partial charge in [-0.25, -0.2) is 0 Å². The number of thiophene rings is 1. The van der Waals surface area contributed by atoms with Gasteiger partial charge in [0.25, 0.3) is 0 Å². The highest BCUT2D eigenvalue weighted by atomic mass is 32.1. The van der Waals surface area contributed by atoms with Crippen molar-refractivity contribution < 1.29 is 9.21 Å². The Morgan fingerprint density at radius 3 is 2.95 bits per heavy atom. The highest BCUT2D eigenvalue weighted by Gasteiger charge is 2.14. The number of amides is 1. The number of hydrogen-bond donors (Lipinski definition) is 2. The van der Waals surface area contributed by atoms with Gasteiger partial charge < -0.3 is 9.73 Å². The van der Waals surface area contributed by atoms with E-state index in [1.165, 1.54) is 16.5 Å². The summed E-state index contributed by atoms with van der Waals surface area (Å²) in [5, 5.41) is 4.05. The molecule has 0 fully saturated rings. The summed E-state index contributed by atoms with van der Waals surface area (Å²) in [7, 11) is 0. The van der Waals surface area contributed by atoms with Gasteiger partial charge >= 0.3 is 0 Å². The van der Waals surface area contributed by atoms with E-state index in [-0.39, 0.29) is 5.91 Å². The topological polar surface area (TPSA) is 42.2 Å². The molecule has 0 aliphatic heterocycles. The minimum absolute atomic E-state index is 0.0275. The van der Waals surface area contributed by atoms with Gasteiger partial charge in [0.2, 0.25) is 5.91 Å². The Labute approximate surface area is 132 Å². The molecule has 0 atom stereocenters. The fraction of sp³-hybridized carbons (Fsp3) is 0.188. The van der Waals surface area contributed by atoms with Crippen LogP contribution in [0.3, 0.4) is 0 Å². The normalized spacial score (nSPS) is 11.0. The van der Waals surface area contributed by atoms with E-state index in [0.29, 0.717) is 6.54 Å². The summed E-state index contributed by atoms with van der Waals surface area (Å²) in [5.74, 6) is 0.900. The maximum absolute atomic E-state index is 11.2. The van der Waals surface area contributed by atoms with Gasteiger partial charge in [0.15, 0.2) is 0 Å². The molecule has 5 heteroatoms. The lowest BCUT2D eigenvalue weighted by Gasteiger charge is -2.05. The fourth-order valence-electron chi connectivity index (χ4n) is 2.31. The van der Waals surface area contributed by atoms with Crippen LogP contribution in [0.2, 0.25) is 0 Å². The van der Waals surface area contributed by atoms with Crippen LogP contribution in [0.25, 0.3) is 10.1 Å². The molecule has 2 aromatic heterocycles. The Hall–Kier alpha value is -1.72. The Balaban J connectivity index is 2.04. The van der Waals surface area contributed by atoms with Gasteiger partial charge in [-0.1, -0.05) is 0 Å². The van der Waals surface area contributed by atoms with Crippen LogP contribution in [0.4, 0.5) is 0 Å². The molecule has 0 bridgehead atoms. The third-order valence-corrected chi connectivity index (χ3v) is 4.78. The van der Waals surface area contributed by atoms with Crippen LogP contribution < -0.4 is 5.32 Å². The van der Waals surface area contributed by atoms with Gasteiger partial charge in [0.05, 0.1) is 6.26 Å². The Morgan fingerprint density at radius 2 is 2.24 bits per heavy atom. The van der Waals surface area contributed by atoms with Crippen molar-refractivity contribution in [1.82, 2.24) is 5.32 Å². The molecule has 3 rings (SSSR count). The Bertz CT molecular complexity index is 775. The maximum atomic E-state index is 11.2. The zero-order valence-corrected chi connectivity index (χ0v) is 13.3. The molecule has 0 unspecified atom stereocenters. The second-order valence-corrected chi connectivity index (χ2v) is 6.50. The molecule has 21 heavy (non-hydrogen) atoms. The highest BCUT2D eigenvalue weighted by Crippen LogP contribution is 2.34. The van der Waals surface area contributed by atoms with E-state index in [2.05, 4.69) is 30.1 Å². The molecule has 0 saturated carbocycles. The van der Waals surface area contributed by atoms with E-state index >= 15 is 0 Å². The Kier molecular flexibility index (Phi) is 4.03. The van der Waals surface area contributed by atoms with Crippen LogP contribution in [0.1, 0.15) is 23.1 Å². The zero-order valence-electron chi connectivity index (χ0n) is 11.6. The van der Waals surface area contributed by atoms with E-state index in [1.807, 2.05) is 18.2 Å². The minimum atomic E-state index is -0.0275. The van der Waals surface area contributed by atoms with E-state index in [4.69, 9.17) is 4.42 Å². The third-order valence-electron chi connectivity index (χ3n) is 3.29. The first-order valence-electron chi connectivity index (χ1n) is 6.63. The number of furan rings is 1. The Morgan fingerprint density at radius 1 is 1.38 bits per heavy atom. The summed E-state index contributed by atoms with van der Waals surface area (Å²) >= 11 is 6.15. The molecule has 3 aromatic rings. The van der Waals surface area contributed by atoms with Crippen molar-refractivity contribution in [3.05, 3.63) is 52.8 Å². The van der Waals surface area contributed by atoms with Crippen molar-refractivity contribution in [1.29, 1.82) is 0 Å². The summed E-state index contributed by atoms with van der Waals surface area (Å²) < 4.78 is 6.65. The molecule has 1 amide bonds. The third kappa shape index (κ3) is 3.14. The molecule has 1 N–H and O–H groups in total. The quantitative estimate of drug-likeness (QED) is 0.714. The predicted molar refractivity (Wildman–Crippen MR) is 88.1 cm³/mol. The van der Waals surface area contributed by atoms with Crippen molar-refractivity contribution in [3.63, 3.8) is 0 Å². The predicted octanol–water partition coefficient (Wildman–Crippen LogP) is 4.01. The first-order chi connectivity index (χ1) is 10.1. The average molecular weight is 317 g/mol. The lowest BCUT2D eigenvalue weighted by atomic mass is 10.1. The van der Waals surface area contributed by atoms with Crippen LogP contribution in [-0.4, -0.2) is 5.91 Å². The van der Waals surface area contributed by atoms with Gasteiger partial charge in [0, 0.05) is 34.4 Å². The summed E-state index contributed by atoms with van der Waals surface area (Å²) in [6.45, 7) is 2.06. The molecule has 0 radical (unpaired) electrons. The standard InChI is InChI=1S/C16H15NO2S2/c1-10(18)17-9-14-13-8-12(20)4-5-15(13)21-16(14)7-11-3-2-6-19-11/h2-6,8,20H,7,9H2,1H3,(H,17,18). The molecule has 2 heterocycles. The number of rotatable bonds is 4. The van der Waals surface area contributed by atoms with Crippen LogP contribution in [-0.2, 0) is 17.8 Å². The van der Waals surface area contributed by atoms with Crippen molar-refractivity contribution in [3.8, 4) is 0 Å². The van der Waals surface area contributed by atoms with Gasteiger partial charge in [-0.15, -0.1) is 24.0 Å². The lowest BCUT2D eigenvalue weighted by Crippen LogP contribution is -2.19. The minimum Gasteiger partial charge on any atom is -0.469 e. The molecule has 0 aliphatic carbocycles. The van der Waals surface area contributed by atoms with Gasteiger partial charge in [-0.3, -0.25) is 4.79 Å². The average Bonchev–Trinajstić information content (AvgIpc) is 3.04. The second kappa shape index (κ2) is 5.95. The second-order valence-electron chi connectivity index (χ2n) is 4.85. The lowest BCUT2D eigenvalue weighted by molar-refractivity contribution is -0.119. The largest absolute Gasteiger partial charge is 0.469 e. The molecule has 0 saturated heterocycles. The van der Waals surface area contributed by atoms with Crippen molar-refractivity contribution in [2.45, 2.75) is 24.8 Å². The van der Waals surface area contributed by atoms with Crippen LogP contribution in [0.15, 0.2) is 45.9 Å². The van der Waals surface area contributed by atoms with Gasteiger partial charge in [-0.05, 0) is 41.3 Å². The molecular formula is C16H15NO2S2. The van der Waals surface area contributed by atoms with Crippen molar-refractivity contribution in [2.75, 3.05) is 0 Å². The summed E-state index contributed by atoms with van der Waals surface area (Å²) in [6, 6.07) is 9.97. The van der Waals surface area contributed by atoms with Crippen molar-refractivity contribution >= 4 is 40.0 Å². The number of nitrogens with one attached hydrogen (secondary N) is 1. The van der Waals surface area contributed by atoms with E-state index in [1.54, 1.807) is 17.6 Å². The number of carbonyl (C=O) groups is 1. The molecule has 0 spiro atoms. The number of thiol groups is 1. The fourth-order valence-corrected chi connectivity index (χ4v) is 3.73. The molecule has 1 aromatic carbocycles. The first kappa shape index (κ1) is 14.2. The van der Waals surface area contributed by atoms with Crippen molar-refractivity contribution in [2.24, 2.45) is 0 Å². The van der Waals surface area contributed by atoms with E-state index in [9.17, 15) is 4.79 Å². The maximum Gasteiger partial charge on any atom is 0.217 e. The molecular weight excluding hydrogens is 302 g/mol. The first-order valence-corrected chi connectivity index (χ1v) is 7.90.